The molecule has 25 heavy (non-hydrogen) atoms. The molecule has 0 saturated carbocycles. The van der Waals surface area contributed by atoms with Crippen LogP contribution in [0.4, 0.5) is 0 Å². The Labute approximate surface area is 156 Å². The molecule has 2 aromatic carbocycles. The number of hydrogen-bond acceptors (Lipinski definition) is 5. The highest BCUT2D eigenvalue weighted by atomic mass is 79.9. The van der Waals surface area contributed by atoms with Crippen LogP contribution in [0, 0.1) is 0 Å². The van der Waals surface area contributed by atoms with Gasteiger partial charge in [0.15, 0.2) is 6.29 Å². The Hall–Kier alpha value is -1.89. The van der Waals surface area contributed by atoms with E-state index in [1.807, 2.05) is 37.3 Å². The monoisotopic (exact) mass is 408 g/mol. The van der Waals surface area contributed by atoms with Crippen molar-refractivity contribution >= 4 is 21.9 Å². The first-order valence-corrected chi connectivity index (χ1v) is 8.62. The van der Waals surface area contributed by atoms with Crippen molar-refractivity contribution in [3.8, 4) is 5.75 Å². The summed E-state index contributed by atoms with van der Waals surface area (Å²) in [4.78, 5) is 11.9. The van der Waals surface area contributed by atoms with E-state index in [2.05, 4.69) is 15.9 Å². The molecule has 0 amide bonds. The number of esters is 1. The van der Waals surface area contributed by atoms with Crippen molar-refractivity contribution in [2.45, 2.75) is 19.8 Å². The molecule has 0 bridgehead atoms. The van der Waals surface area contributed by atoms with E-state index in [9.17, 15) is 4.79 Å². The van der Waals surface area contributed by atoms with Gasteiger partial charge in [0.1, 0.15) is 12.4 Å². The van der Waals surface area contributed by atoms with Crippen molar-refractivity contribution < 1.29 is 23.7 Å². The van der Waals surface area contributed by atoms with Gasteiger partial charge >= 0.3 is 5.97 Å². The van der Waals surface area contributed by atoms with Crippen LogP contribution in [0.1, 0.15) is 34.7 Å². The summed E-state index contributed by atoms with van der Waals surface area (Å²) in [6, 6.07) is 13.1. The molecule has 0 fully saturated rings. The zero-order valence-electron chi connectivity index (χ0n) is 14.5. The average molecular weight is 409 g/mol. The Morgan fingerprint density at radius 1 is 1.16 bits per heavy atom. The minimum atomic E-state index is -0.656. The fourth-order valence-corrected chi connectivity index (χ4v) is 2.93. The predicted octanol–water partition coefficient (Wildman–Crippen LogP) is 4.50. The van der Waals surface area contributed by atoms with E-state index in [0.29, 0.717) is 34.6 Å². The molecular formula is C19H21BrO5. The van der Waals surface area contributed by atoms with Crippen LogP contribution in [0.25, 0.3) is 0 Å². The average Bonchev–Trinajstić information content (AvgIpc) is 2.64. The van der Waals surface area contributed by atoms with Gasteiger partial charge < -0.3 is 18.9 Å². The molecule has 134 valence electrons. The Morgan fingerprint density at radius 2 is 1.88 bits per heavy atom. The summed E-state index contributed by atoms with van der Waals surface area (Å²) in [5.74, 6) is 0.125. The van der Waals surface area contributed by atoms with Crippen LogP contribution < -0.4 is 4.74 Å². The highest BCUT2D eigenvalue weighted by molar-refractivity contribution is 9.10. The lowest BCUT2D eigenvalue weighted by atomic mass is 10.1. The summed E-state index contributed by atoms with van der Waals surface area (Å²) in [6.07, 6.45) is -0.656. The lowest BCUT2D eigenvalue weighted by molar-refractivity contribution is -0.125. The maximum absolute atomic E-state index is 11.9. The smallest absolute Gasteiger partial charge is 0.337 e. The molecule has 0 aromatic heterocycles. The summed E-state index contributed by atoms with van der Waals surface area (Å²) >= 11 is 3.47. The number of rotatable bonds is 8. The second-order valence-electron chi connectivity index (χ2n) is 5.17. The van der Waals surface area contributed by atoms with Crippen LogP contribution in [0.15, 0.2) is 46.9 Å². The number of benzene rings is 2. The van der Waals surface area contributed by atoms with E-state index < -0.39 is 12.3 Å². The molecule has 0 radical (unpaired) electrons. The quantitative estimate of drug-likeness (QED) is 0.475. The topological polar surface area (TPSA) is 54.0 Å². The van der Waals surface area contributed by atoms with Crippen LogP contribution in [-0.4, -0.2) is 26.8 Å². The van der Waals surface area contributed by atoms with Crippen molar-refractivity contribution in [1.82, 2.24) is 0 Å². The van der Waals surface area contributed by atoms with Crippen LogP contribution >= 0.6 is 15.9 Å². The minimum Gasteiger partial charge on any atom is -0.487 e. The normalized spacial score (nSPS) is 11.8. The Balaban J connectivity index is 2.39. The van der Waals surface area contributed by atoms with Gasteiger partial charge in [-0.1, -0.05) is 30.3 Å². The molecule has 0 spiro atoms. The third kappa shape index (κ3) is 5.04. The van der Waals surface area contributed by atoms with Gasteiger partial charge in [0, 0.05) is 13.7 Å². The first-order chi connectivity index (χ1) is 12.1. The Morgan fingerprint density at radius 3 is 2.48 bits per heavy atom. The maximum Gasteiger partial charge on any atom is 0.337 e. The molecule has 1 unspecified atom stereocenters. The summed E-state index contributed by atoms with van der Waals surface area (Å²) in [7, 11) is 2.88. The first-order valence-electron chi connectivity index (χ1n) is 7.83. The number of methoxy groups -OCH3 is 2. The third-order valence-corrected chi connectivity index (χ3v) is 4.09. The lowest BCUT2D eigenvalue weighted by Crippen LogP contribution is -2.12. The van der Waals surface area contributed by atoms with Crippen LogP contribution in [0.5, 0.6) is 5.75 Å². The standard InChI is InChI=1S/C19H21BrO5/c1-4-24-19(23-3)15-10-14(18(21)22-2)11-16(20)17(15)25-12-13-8-6-5-7-9-13/h5-11,19H,4,12H2,1-3H3. The van der Waals surface area contributed by atoms with E-state index in [1.165, 1.54) is 7.11 Å². The lowest BCUT2D eigenvalue weighted by Gasteiger charge is -2.21. The molecule has 0 saturated heterocycles. The molecule has 2 aromatic rings. The van der Waals surface area contributed by atoms with Crippen molar-refractivity contribution in [2.75, 3.05) is 20.8 Å². The molecule has 1 atom stereocenters. The SMILES string of the molecule is CCOC(OC)c1cc(C(=O)OC)cc(Br)c1OCc1ccccc1. The van der Waals surface area contributed by atoms with Gasteiger partial charge in [-0.2, -0.15) is 0 Å². The van der Waals surface area contributed by atoms with Gasteiger partial charge in [0.2, 0.25) is 0 Å². The van der Waals surface area contributed by atoms with E-state index in [0.717, 1.165) is 5.56 Å². The molecule has 0 aliphatic rings. The molecule has 0 N–H and O–H groups in total. The second-order valence-corrected chi connectivity index (χ2v) is 6.02. The van der Waals surface area contributed by atoms with Crippen molar-refractivity contribution in [1.29, 1.82) is 0 Å². The summed E-state index contributed by atoms with van der Waals surface area (Å²) in [5.41, 5.74) is 2.04. The van der Waals surface area contributed by atoms with Gasteiger partial charge in [0.25, 0.3) is 0 Å². The van der Waals surface area contributed by atoms with Crippen molar-refractivity contribution in [2.24, 2.45) is 0 Å². The fourth-order valence-electron chi connectivity index (χ4n) is 2.34. The zero-order chi connectivity index (χ0) is 18.2. The third-order valence-electron chi connectivity index (χ3n) is 3.51. The predicted molar refractivity (Wildman–Crippen MR) is 97.6 cm³/mol. The van der Waals surface area contributed by atoms with Crippen LogP contribution in [-0.2, 0) is 20.8 Å². The molecule has 2 rings (SSSR count). The van der Waals surface area contributed by atoms with Gasteiger partial charge in [-0.05, 0) is 40.5 Å². The second kappa shape index (κ2) is 9.56. The highest BCUT2D eigenvalue weighted by Gasteiger charge is 2.22. The molecule has 6 heteroatoms. The van der Waals surface area contributed by atoms with E-state index in [1.54, 1.807) is 19.2 Å². The minimum absolute atomic E-state index is 0.382. The Bertz CT molecular complexity index is 702. The fraction of sp³-hybridized carbons (Fsp3) is 0.316. The van der Waals surface area contributed by atoms with Crippen LogP contribution in [0.2, 0.25) is 0 Å². The molecule has 0 aliphatic carbocycles. The summed E-state index contributed by atoms with van der Waals surface area (Å²) < 4.78 is 22.5. The summed E-state index contributed by atoms with van der Waals surface area (Å²) in [6.45, 7) is 2.71. The van der Waals surface area contributed by atoms with Crippen molar-refractivity contribution in [3.05, 3.63) is 63.6 Å². The first kappa shape index (κ1) is 19.4. The van der Waals surface area contributed by atoms with Gasteiger partial charge in [-0.3, -0.25) is 0 Å². The highest BCUT2D eigenvalue weighted by Crippen LogP contribution is 2.37. The molecule has 0 aliphatic heterocycles. The number of carbonyl (C=O) groups excluding carboxylic acids is 1. The molecule has 0 heterocycles. The van der Waals surface area contributed by atoms with E-state index >= 15 is 0 Å². The van der Waals surface area contributed by atoms with E-state index in [4.69, 9.17) is 18.9 Å². The van der Waals surface area contributed by atoms with Crippen LogP contribution in [0.3, 0.4) is 0 Å². The van der Waals surface area contributed by atoms with Gasteiger partial charge in [-0.25, -0.2) is 4.79 Å². The number of carbonyl (C=O) groups is 1. The number of hydrogen-bond donors (Lipinski definition) is 0. The van der Waals surface area contributed by atoms with E-state index in [-0.39, 0.29) is 0 Å². The molecule has 5 nitrogen and oxygen atoms in total. The number of ether oxygens (including phenoxy) is 4. The largest absolute Gasteiger partial charge is 0.487 e. The van der Waals surface area contributed by atoms with Crippen molar-refractivity contribution in [3.63, 3.8) is 0 Å². The Kier molecular flexibility index (Phi) is 7.43. The summed E-state index contributed by atoms with van der Waals surface area (Å²) in [5, 5.41) is 0. The zero-order valence-corrected chi connectivity index (χ0v) is 16.0. The molecular weight excluding hydrogens is 388 g/mol. The van der Waals surface area contributed by atoms with Gasteiger partial charge in [-0.15, -0.1) is 0 Å². The van der Waals surface area contributed by atoms with Gasteiger partial charge in [0.05, 0.1) is 22.7 Å². The number of halogens is 1. The maximum atomic E-state index is 11.9.